The van der Waals surface area contributed by atoms with Crippen LogP contribution >= 0.6 is 0 Å². The summed E-state index contributed by atoms with van der Waals surface area (Å²) in [5.74, 6) is -0.349. The molecule has 4 rings (SSSR count). The van der Waals surface area contributed by atoms with Gasteiger partial charge < -0.3 is 0 Å². The molecule has 0 bridgehead atoms. The second kappa shape index (κ2) is 8.06. The van der Waals surface area contributed by atoms with Gasteiger partial charge in [0.2, 0.25) is 0 Å². The van der Waals surface area contributed by atoms with E-state index in [1.54, 1.807) is 10.7 Å². The summed E-state index contributed by atoms with van der Waals surface area (Å²) >= 11 is 0. The van der Waals surface area contributed by atoms with Crippen molar-refractivity contribution in [3.63, 3.8) is 0 Å². The molecule has 29 heavy (non-hydrogen) atoms. The van der Waals surface area contributed by atoms with Crippen LogP contribution in [0.1, 0.15) is 34.1 Å². The first-order valence-corrected chi connectivity index (χ1v) is 9.49. The minimum absolute atomic E-state index is 0.349. The fourth-order valence-corrected chi connectivity index (χ4v) is 3.10. The van der Waals surface area contributed by atoms with E-state index in [2.05, 4.69) is 27.5 Å². The van der Waals surface area contributed by atoms with E-state index in [0.29, 0.717) is 11.2 Å². The van der Waals surface area contributed by atoms with E-state index < -0.39 is 0 Å². The quantitative estimate of drug-likeness (QED) is 0.418. The van der Waals surface area contributed by atoms with E-state index in [0.717, 1.165) is 28.9 Å². The molecule has 6 heteroatoms. The Morgan fingerprint density at radius 2 is 1.90 bits per heavy atom. The highest BCUT2D eigenvalue weighted by Gasteiger charge is 2.16. The van der Waals surface area contributed by atoms with Gasteiger partial charge in [-0.15, -0.1) is 0 Å². The van der Waals surface area contributed by atoms with Crippen LogP contribution in [0.2, 0.25) is 0 Å². The van der Waals surface area contributed by atoms with E-state index in [1.807, 2.05) is 67.6 Å². The lowest BCUT2D eigenvalue weighted by atomic mass is 10.1. The van der Waals surface area contributed by atoms with Crippen molar-refractivity contribution < 1.29 is 4.79 Å². The molecule has 1 amide bonds. The molecule has 0 radical (unpaired) electrons. The molecule has 6 nitrogen and oxygen atoms in total. The van der Waals surface area contributed by atoms with Crippen molar-refractivity contribution in [2.45, 2.75) is 20.3 Å². The largest absolute Gasteiger partial charge is 0.276 e. The second-order valence-corrected chi connectivity index (χ2v) is 6.74. The molecule has 2 aromatic heterocycles. The van der Waals surface area contributed by atoms with Gasteiger partial charge in [-0.25, -0.2) is 14.9 Å². The zero-order valence-corrected chi connectivity index (χ0v) is 16.3. The summed E-state index contributed by atoms with van der Waals surface area (Å²) in [6.07, 6.45) is 4.13. The van der Waals surface area contributed by atoms with Crippen LogP contribution in [0.15, 0.2) is 72.0 Å². The third-order valence-corrected chi connectivity index (χ3v) is 4.73. The molecule has 0 atom stereocenters. The highest BCUT2D eigenvalue weighted by Crippen LogP contribution is 2.20. The Labute approximate surface area is 168 Å². The zero-order chi connectivity index (χ0) is 20.2. The highest BCUT2D eigenvalue weighted by molar-refractivity contribution is 6.00. The number of hydrogen-bond donors (Lipinski definition) is 1. The number of fused-ring (bicyclic) bond motifs is 1. The van der Waals surface area contributed by atoms with Crippen molar-refractivity contribution in [2.75, 3.05) is 0 Å². The molecule has 0 unspecified atom stereocenters. The maximum absolute atomic E-state index is 12.7. The topological polar surface area (TPSA) is 71.7 Å². The molecule has 0 aliphatic carbocycles. The Hall–Kier alpha value is -3.80. The molecule has 4 aromatic rings. The first-order chi connectivity index (χ1) is 14.2. The lowest BCUT2D eigenvalue weighted by Gasteiger charge is -2.05. The second-order valence-electron chi connectivity index (χ2n) is 6.74. The first kappa shape index (κ1) is 18.6. The average Bonchev–Trinajstić information content (AvgIpc) is 3.19. The van der Waals surface area contributed by atoms with Gasteiger partial charge in [-0.2, -0.15) is 10.2 Å². The lowest BCUT2D eigenvalue weighted by molar-refractivity contribution is 0.0956. The van der Waals surface area contributed by atoms with Crippen LogP contribution in [-0.4, -0.2) is 26.7 Å². The number of rotatable bonds is 5. The van der Waals surface area contributed by atoms with E-state index in [1.165, 1.54) is 11.8 Å². The highest BCUT2D eigenvalue weighted by atomic mass is 16.2. The van der Waals surface area contributed by atoms with E-state index in [4.69, 9.17) is 0 Å². The third-order valence-electron chi connectivity index (χ3n) is 4.73. The van der Waals surface area contributed by atoms with Crippen molar-refractivity contribution in [3.05, 3.63) is 89.2 Å². The van der Waals surface area contributed by atoms with Gasteiger partial charge in [0.25, 0.3) is 5.91 Å². The van der Waals surface area contributed by atoms with E-state index in [-0.39, 0.29) is 5.91 Å². The van der Waals surface area contributed by atoms with Gasteiger partial charge in [0, 0.05) is 11.3 Å². The van der Waals surface area contributed by atoms with Crippen molar-refractivity contribution in [1.29, 1.82) is 0 Å². The maximum Gasteiger partial charge on any atom is 0.276 e. The van der Waals surface area contributed by atoms with Gasteiger partial charge in [0.05, 0.1) is 18.1 Å². The summed E-state index contributed by atoms with van der Waals surface area (Å²) in [7, 11) is 0. The molecule has 0 fully saturated rings. The van der Waals surface area contributed by atoms with Gasteiger partial charge in [-0.05, 0) is 30.5 Å². The molecule has 0 spiro atoms. The van der Waals surface area contributed by atoms with Crippen LogP contribution in [0, 0.1) is 6.92 Å². The maximum atomic E-state index is 12.7. The number of aromatic nitrogens is 3. The fourth-order valence-electron chi connectivity index (χ4n) is 3.10. The minimum atomic E-state index is -0.349. The Morgan fingerprint density at radius 1 is 1.14 bits per heavy atom. The van der Waals surface area contributed by atoms with Gasteiger partial charge >= 0.3 is 0 Å². The predicted molar refractivity (Wildman–Crippen MR) is 114 cm³/mol. The molecule has 0 aliphatic heterocycles. The van der Waals surface area contributed by atoms with Gasteiger partial charge in [0.15, 0.2) is 5.65 Å². The molecule has 1 N–H and O–H groups in total. The van der Waals surface area contributed by atoms with Gasteiger partial charge in [0.1, 0.15) is 5.56 Å². The normalized spacial score (nSPS) is 11.2. The Kier molecular flexibility index (Phi) is 5.16. The Balaban J connectivity index is 1.58. The number of aryl methyl sites for hydroxylation is 2. The SMILES string of the molecule is CCc1ccc(/C=N/NC(=O)c2cnn3c(C)cc(-c4ccccc4)nc23)cc1. The van der Waals surface area contributed by atoms with Crippen molar-refractivity contribution in [1.82, 2.24) is 20.0 Å². The van der Waals surface area contributed by atoms with E-state index >= 15 is 0 Å². The number of hydrogen-bond acceptors (Lipinski definition) is 4. The Bertz CT molecular complexity index is 1180. The summed E-state index contributed by atoms with van der Waals surface area (Å²) in [6, 6.07) is 19.9. The standard InChI is InChI=1S/C23H21N5O/c1-3-17-9-11-18(12-10-17)14-24-27-23(29)20-15-25-28-16(2)13-21(26-22(20)28)19-7-5-4-6-8-19/h4-15H,3H2,1-2H3,(H,27,29)/b24-14+. The van der Waals surface area contributed by atoms with Crippen LogP contribution in [0.5, 0.6) is 0 Å². The summed E-state index contributed by atoms with van der Waals surface area (Å²) < 4.78 is 1.66. The molecule has 2 heterocycles. The molecule has 144 valence electrons. The molecule has 0 aliphatic rings. The van der Waals surface area contributed by atoms with Crippen LogP contribution in [0.25, 0.3) is 16.9 Å². The number of carbonyl (C=O) groups is 1. The number of carbonyl (C=O) groups excluding carboxylic acids is 1. The number of nitrogens with zero attached hydrogens (tertiary/aromatic N) is 4. The molecule has 0 saturated heterocycles. The third kappa shape index (κ3) is 3.91. The van der Waals surface area contributed by atoms with Crippen LogP contribution in [0.3, 0.4) is 0 Å². The van der Waals surface area contributed by atoms with Crippen LogP contribution in [-0.2, 0) is 6.42 Å². The summed E-state index contributed by atoms with van der Waals surface area (Å²) in [5, 5.41) is 8.37. The molecular formula is C23H21N5O. The minimum Gasteiger partial charge on any atom is -0.267 e. The van der Waals surface area contributed by atoms with E-state index in [9.17, 15) is 4.79 Å². The zero-order valence-electron chi connectivity index (χ0n) is 16.3. The fraction of sp³-hybridized carbons (Fsp3) is 0.130. The lowest BCUT2D eigenvalue weighted by Crippen LogP contribution is -2.17. The summed E-state index contributed by atoms with van der Waals surface area (Å²) in [4.78, 5) is 17.3. The number of benzene rings is 2. The van der Waals surface area contributed by atoms with Gasteiger partial charge in [-0.3, -0.25) is 4.79 Å². The van der Waals surface area contributed by atoms with Crippen LogP contribution in [0.4, 0.5) is 0 Å². The first-order valence-electron chi connectivity index (χ1n) is 9.49. The number of hydrazone groups is 1. The van der Waals surface area contributed by atoms with Crippen molar-refractivity contribution >= 4 is 17.8 Å². The molecule has 0 saturated carbocycles. The predicted octanol–water partition coefficient (Wildman–Crippen LogP) is 4.03. The smallest absolute Gasteiger partial charge is 0.267 e. The summed E-state index contributed by atoms with van der Waals surface area (Å²) in [5.41, 5.74) is 8.31. The van der Waals surface area contributed by atoms with Gasteiger partial charge in [-0.1, -0.05) is 61.5 Å². The number of nitrogens with one attached hydrogen (secondary N) is 1. The monoisotopic (exact) mass is 383 g/mol. The molecular weight excluding hydrogens is 362 g/mol. The summed E-state index contributed by atoms with van der Waals surface area (Å²) in [6.45, 7) is 4.05. The number of amides is 1. The van der Waals surface area contributed by atoms with Crippen molar-refractivity contribution in [3.8, 4) is 11.3 Å². The van der Waals surface area contributed by atoms with Crippen molar-refractivity contribution in [2.24, 2.45) is 5.10 Å². The Morgan fingerprint density at radius 3 is 2.62 bits per heavy atom. The van der Waals surface area contributed by atoms with Crippen LogP contribution < -0.4 is 5.43 Å². The average molecular weight is 383 g/mol. The molecule has 2 aromatic carbocycles.